The number of nitrogens with zero attached hydrogens (tertiary/aromatic N) is 1. The van der Waals surface area contributed by atoms with Crippen LogP contribution in [0.5, 0.6) is 17.2 Å². The van der Waals surface area contributed by atoms with Gasteiger partial charge >= 0.3 is 0 Å². The predicted octanol–water partition coefficient (Wildman–Crippen LogP) is 4.00. The van der Waals surface area contributed by atoms with E-state index < -0.39 is 5.60 Å². The molecule has 29 heavy (non-hydrogen) atoms. The molecule has 0 N–H and O–H groups in total. The summed E-state index contributed by atoms with van der Waals surface area (Å²) in [6, 6.07) is 10.3. The van der Waals surface area contributed by atoms with Crippen LogP contribution in [0.1, 0.15) is 40.0 Å². The van der Waals surface area contributed by atoms with Crippen LogP contribution in [-0.4, -0.2) is 49.5 Å². The Morgan fingerprint density at radius 3 is 2.48 bits per heavy atom. The van der Waals surface area contributed by atoms with Gasteiger partial charge in [-0.1, -0.05) is 11.6 Å². The number of fused-ring (bicyclic) bond motifs is 1. The summed E-state index contributed by atoms with van der Waals surface area (Å²) in [5, 5.41) is 0.520. The van der Waals surface area contributed by atoms with Crippen LogP contribution in [0.15, 0.2) is 36.4 Å². The first kappa shape index (κ1) is 19.6. The summed E-state index contributed by atoms with van der Waals surface area (Å²) in [7, 11) is 3.10. The van der Waals surface area contributed by atoms with E-state index in [1.807, 2.05) is 0 Å². The third kappa shape index (κ3) is 3.65. The number of methoxy groups -OCH3 is 2. The fourth-order valence-corrected chi connectivity index (χ4v) is 4.19. The molecule has 0 radical (unpaired) electrons. The third-order valence-electron chi connectivity index (χ3n) is 5.64. The fraction of sp³-hybridized carbons (Fsp3) is 0.364. The molecule has 2 heterocycles. The van der Waals surface area contributed by atoms with Crippen LogP contribution in [0, 0.1) is 0 Å². The van der Waals surface area contributed by atoms with E-state index in [0.29, 0.717) is 65.8 Å². The van der Waals surface area contributed by atoms with Gasteiger partial charge in [0.2, 0.25) is 0 Å². The SMILES string of the molecule is COc1ccc(C(=O)N2CCC3(CC2)CC(=O)c2cc(Cl)ccc2O3)cc1OC. The molecule has 2 aliphatic rings. The maximum atomic E-state index is 12.9. The molecule has 4 rings (SSSR count). The molecule has 1 amide bonds. The van der Waals surface area contributed by atoms with Crippen molar-refractivity contribution in [2.24, 2.45) is 0 Å². The molecule has 0 bridgehead atoms. The minimum absolute atomic E-state index is 0.0356. The van der Waals surface area contributed by atoms with Crippen LogP contribution >= 0.6 is 11.6 Å². The van der Waals surface area contributed by atoms with E-state index in [0.717, 1.165) is 0 Å². The molecular formula is C22H22ClNO5. The highest BCUT2D eigenvalue weighted by Crippen LogP contribution is 2.40. The summed E-state index contributed by atoms with van der Waals surface area (Å²) >= 11 is 6.00. The molecule has 0 unspecified atom stereocenters. The minimum atomic E-state index is -0.563. The number of likely N-dealkylation sites (tertiary alicyclic amines) is 1. The lowest BCUT2D eigenvalue weighted by Crippen LogP contribution is -2.52. The van der Waals surface area contributed by atoms with Gasteiger partial charge in [0.25, 0.3) is 5.91 Å². The van der Waals surface area contributed by atoms with E-state index in [1.165, 1.54) is 0 Å². The van der Waals surface area contributed by atoms with Crippen molar-refractivity contribution in [2.45, 2.75) is 24.9 Å². The summed E-state index contributed by atoms with van der Waals surface area (Å²) in [6.07, 6.45) is 1.50. The number of piperidine rings is 1. The molecular weight excluding hydrogens is 394 g/mol. The van der Waals surface area contributed by atoms with Gasteiger partial charge in [0.15, 0.2) is 17.3 Å². The number of amides is 1. The van der Waals surface area contributed by atoms with Gasteiger partial charge in [0.05, 0.1) is 26.2 Å². The number of ether oxygens (including phenoxy) is 3. The average Bonchev–Trinajstić information content (AvgIpc) is 2.74. The van der Waals surface area contributed by atoms with Crippen molar-refractivity contribution in [1.29, 1.82) is 0 Å². The number of benzene rings is 2. The number of hydrogen-bond acceptors (Lipinski definition) is 5. The zero-order valence-corrected chi connectivity index (χ0v) is 17.1. The molecule has 7 heteroatoms. The molecule has 2 aliphatic heterocycles. The molecule has 1 saturated heterocycles. The largest absolute Gasteiger partial charge is 0.493 e. The molecule has 1 spiro atoms. The second-order valence-electron chi connectivity index (χ2n) is 7.39. The zero-order valence-electron chi connectivity index (χ0n) is 16.4. The van der Waals surface area contributed by atoms with Crippen molar-refractivity contribution in [2.75, 3.05) is 27.3 Å². The lowest BCUT2D eigenvalue weighted by molar-refractivity contribution is -0.00571. The molecule has 0 aromatic heterocycles. The standard InChI is InChI=1S/C22H22ClNO5/c1-27-19-5-3-14(11-20(19)28-2)21(26)24-9-7-22(8-10-24)13-17(25)16-12-15(23)4-6-18(16)29-22/h3-6,11-12H,7-10,13H2,1-2H3. The van der Waals surface area contributed by atoms with Crippen LogP contribution in [-0.2, 0) is 0 Å². The number of carbonyl (C=O) groups excluding carboxylic acids is 2. The highest BCUT2D eigenvalue weighted by Gasteiger charge is 2.43. The first-order chi connectivity index (χ1) is 13.9. The second-order valence-corrected chi connectivity index (χ2v) is 7.82. The molecule has 6 nitrogen and oxygen atoms in total. The van der Waals surface area contributed by atoms with Crippen molar-refractivity contribution in [3.8, 4) is 17.2 Å². The Morgan fingerprint density at radius 1 is 1.07 bits per heavy atom. The van der Waals surface area contributed by atoms with Crippen LogP contribution in [0.25, 0.3) is 0 Å². The van der Waals surface area contributed by atoms with Gasteiger partial charge < -0.3 is 19.1 Å². The first-order valence-electron chi connectivity index (χ1n) is 9.48. The summed E-state index contributed by atoms with van der Waals surface area (Å²) in [6.45, 7) is 1.03. The van der Waals surface area contributed by atoms with Gasteiger partial charge in [-0.2, -0.15) is 0 Å². The van der Waals surface area contributed by atoms with E-state index in [-0.39, 0.29) is 11.7 Å². The van der Waals surface area contributed by atoms with E-state index in [1.54, 1.807) is 55.5 Å². The molecule has 2 aromatic carbocycles. The van der Waals surface area contributed by atoms with Crippen molar-refractivity contribution in [3.63, 3.8) is 0 Å². The first-order valence-corrected chi connectivity index (χ1v) is 9.85. The van der Waals surface area contributed by atoms with E-state index >= 15 is 0 Å². The number of Topliss-reactive ketones (excluding diaryl/α,β-unsaturated/α-hetero) is 1. The predicted molar refractivity (Wildman–Crippen MR) is 108 cm³/mol. The number of rotatable bonds is 3. The van der Waals surface area contributed by atoms with Gasteiger partial charge in [0.1, 0.15) is 11.4 Å². The topological polar surface area (TPSA) is 65.1 Å². The highest BCUT2D eigenvalue weighted by atomic mass is 35.5. The Labute approximate surface area is 174 Å². The Hall–Kier alpha value is -2.73. The van der Waals surface area contributed by atoms with E-state index in [2.05, 4.69) is 0 Å². The summed E-state index contributed by atoms with van der Waals surface area (Å²) in [4.78, 5) is 27.4. The Morgan fingerprint density at radius 2 is 1.79 bits per heavy atom. The van der Waals surface area contributed by atoms with Gasteiger partial charge in [-0.3, -0.25) is 9.59 Å². The zero-order chi connectivity index (χ0) is 20.6. The Bertz CT molecular complexity index is 966. The summed E-state index contributed by atoms with van der Waals surface area (Å²) < 4.78 is 16.8. The number of ketones is 1. The number of hydrogen-bond donors (Lipinski definition) is 0. The molecule has 0 aliphatic carbocycles. The normalized spacial score (nSPS) is 17.5. The molecule has 0 saturated carbocycles. The quantitative estimate of drug-likeness (QED) is 0.758. The van der Waals surface area contributed by atoms with Gasteiger partial charge in [-0.15, -0.1) is 0 Å². The van der Waals surface area contributed by atoms with E-state index in [9.17, 15) is 9.59 Å². The minimum Gasteiger partial charge on any atom is -0.493 e. The second kappa shape index (κ2) is 7.59. The lowest BCUT2D eigenvalue weighted by Gasteiger charge is -2.44. The van der Waals surface area contributed by atoms with Crippen molar-refractivity contribution >= 4 is 23.3 Å². The van der Waals surface area contributed by atoms with Gasteiger partial charge in [0, 0.05) is 36.5 Å². The summed E-state index contributed by atoms with van der Waals surface area (Å²) in [5.41, 5.74) is 0.512. The smallest absolute Gasteiger partial charge is 0.253 e. The van der Waals surface area contributed by atoms with Crippen LogP contribution in [0.3, 0.4) is 0 Å². The number of halogens is 1. The van der Waals surface area contributed by atoms with Crippen molar-refractivity contribution in [3.05, 3.63) is 52.5 Å². The van der Waals surface area contributed by atoms with Gasteiger partial charge in [-0.05, 0) is 36.4 Å². The average molecular weight is 416 g/mol. The van der Waals surface area contributed by atoms with E-state index in [4.69, 9.17) is 25.8 Å². The Balaban J connectivity index is 1.48. The van der Waals surface area contributed by atoms with Crippen LogP contribution < -0.4 is 14.2 Å². The lowest BCUT2D eigenvalue weighted by atomic mass is 9.82. The van der Waals surface area contributed by atoms with Crippen molar-refractivity contribution in [1.82, 2.24) is 4.90 Å². The van der Waals surface area contributed by atoms with Gasteiger partial charge in [-0.25, -0.2) is 0 Å². The molecule has 1 fully saturated rings. The Kier molecular flexibility index (Phi) is 5.13. The molecule has 0 atom stereocenters. The third-order valence-corrected chi connectivity index (χ3v) is 5.88. The molecule has 152 valence electrons. The maximum absolute atomic E-state index is 12.9. The summed E-state index contributed by atoms with van der Waals surface area (Å²) in [5.74, 6) is 1.63. The molecule has 2 aromatic rings. The van der Waals surface area contributed by atoms with Crippen LogP contribution in [0.4, 0.5) is 0 Å². The monoisotopic (exact) mass is 415 g/mol. The fourth-order valence-electron chi connectivity index (χ4n) is 4.01. The van der Waals surface area contributed by atoms with Crippen molar-refractivity contribution < 1.29 is 23.8 Å². The number of carbonyl (C=O) groups is 2. The highest BCUT2D eigenvalue weighted by molar-refractivity contribution is 6.31. The maximum Gasteiger partial charge on any atom is 0.253 e. The van der Waals surface area contributed by atoms with Crippen LogP contribution in [0.2, 0.25) is 5.02 Å².